The predicted octanol–water partition coefficient (Wildman–Crippen LogP) is 5.44. The molecule has 3 aromatic carbocycles. The highest BCUT2D eigenvalue weighted by molar-refractivity contribution is 6.42. The second kappa shape index (κ2) is 9.00. The zero-order valence-electron chi connectivity index (χ0n) is 15.9. The summed E-state index contributed by atoms with van der Waals surface area (Å²) in [6, 6.07) is 21.9. The smallest absolute Gasteiger partial charge is 0.233 e. The Hall–Kier alpha value is -2.33. The molecule has 1 fully saturated rings. The summed E-state index contributed by atoms with van der Waals surface area (Å²) in [5.74, 6) is 0. The van der Waals surface area contributed by atoms with E-state index in [1.165, 1.54) is 11.1 Å². The molecule has 0 N–H and O–H groups in total. The number of hydrogen-bond donors (Lipinski definition) is 0. The van der Waals surface area contributed by atoms with E-state index in [-0.39, 0.29) is 0 Å². The monoisotopic (exact) mass is 423 g/mol. The van der Waals surface area contributed by atoms with E-state index >= 15 is 0 Å². The maximum absolute atomic E-state index is 10.7. The molecular weight excluding hydrogens is 403 g/mol. The molecule has 0 spiro atoms. The number of nitrogens with zero attached hydrogens (tertiary/aromatic N) is 2. The fourth-order valence-corrected chi connectivity index (χ4v) is 4.05. The number of anilines is 1. The van der Waals surface area contributed by atoms with E-state index in [2.05, 4.69) is 34.1 Å². The highest BCUT2D eigenvalue weighted by atomic mass is 35.5. The lowest BCUT2D eigenvalue weighted by molar-refractivity contribution is 0.250. The van der Waals surface area contributed by atoms with E-state index in [9.17, 15) is 4.79 Å². The number of halogens is 2. The molecule has 1 saturated heterocycles. The van der Waals surface area contributed by atoms with Crippen molar-refractivity contribution < 1.29 is 4.79 Å². The Labute approximate surface area is 181 Å². The Balaban J connectivity index is 1.44. The summed E-state index contributed by atoms with van der Waals surface area (Å²) >= 11 is 12.3. The molecular formula is C24H21Cl2N2O. The molecule has 29 heavy (non-hydrogen) atoms. The van der Waals surface area contributed by atoms with Crippen molar-refractivity contribution in [2.24, 2.45) is 0 Å². The standard InChI is InChI=1S/C24H21Cl2N2O/c25-23-10-7-19(15-24(23)26)22-4-2-1-3-20(22)16-27-11-13-28(14-12-27)21-8-5-18(17-29)6-9-21/h1-10,15H,11-14,16H2. The number of benzene rings is 3. The van der Waals surface area contributed by atoms with Crippen LogP contribution in [0.1, 0.15) is 11.1 Å². The summed E-state index contributed by atoms with van der Waals surface area (Å²) < 4.78 is 0. The van der Waals surface area contributed by atoms with Crippen LogP contribution in [0.25, 0.3) is 11.1 Å². The van der Waals surface area contributed by atoms with Crippen LogP contribution in [0.5, 0.6) is 0 Å². The molecule has 147 valence electrons. The SMILES string of the molecule is O=[C]c1ccc(N2CCN(Cc3ccccc3-c3ccc(Cl)c(Cl)c3)CC2)cc1. The molecule has 0 aliphatic carbocycles. The van der Waals surface area contributed by atoms with Gasteiger partial charge in [-0.15, -0.1) is 0 Å². The molecule has 0 bridgehead atoms. The molecule has 1 radical (unpaired) electrons. The Morgan fingerprint density at radius 3 is 2.24 bits per heavy atom. The summed E-state index contributed by atoms with van der Waals surface area (Å²) in [5, 5.41) is 1.15. The first-order chi connectivity index (χ1) is 14.1. The van der Waals surface area contributed by atoms with Gasteiger partial charge in [0.05, 0.1) is 10.0 Å². The van der Waals surface area contributed by atoms with Gasteiger partial charge in [0.25, 0.3) is 0 Å². The molecule has 0 atom stereocenters. The molecule has 1 aliphatic heterocycles. The van der Waals surface area contributed by atoms with Crippen LogP contribution in [0.2, 0.25) is 10.0 Å². The van der Waals surface area contributed by atoms with Gasteiger partial charge in [-0.2, -0.15) is 0 Å². The third kappa shape index (κ3) is 4.64. The van der Waals surface area contributed by atoms with Crippen LogP contribution in [0, 0.1) is 0 Å². The van der Waals surface area contributed by atoms with Crippen LogP contribution in [0.4, 0.5) is 5.69 Å². The molecule has 1 heterocycles. The Morgan fingerprint density at radius 2 is 1.55 bits per heavy atom. The third-order valence-electron chi connectivity index (χ3n) is 5.36. The molecule has 0 unspecified atom stereocenters. The highest BCUT2D eigenvalue weighted by Crippen LogP contribution is 2.31. The number of carbonyl (C=O) groups excluding carboxylic acids is 1. The van der Waals surface area contributed by atoms with Crippen molar-refractivity contribution in [3.8, 4) is 11.1 Å². The molecule has 0 amide bonds. The fraction of sp³-hybridized carbons (Fsp3) is 0.208. The summed E-state index contributed by atoms with van der Waals surface area (Å²) in [6.45, 7) is 4.77. The van der Waals surface area contributed by atoms with E-state index in [0.717, 1.165) is 44.0 Å². The van der Waals surface area contributed by atoms with Crippen LogP contribution in [-0.4, -0.2) is 37.4 Å². The molecule has 3 nitrogen and oxygen atoms in total. The lowest BCUT2D eigenvalue weighted by atomic mass is 9.99. The average Bonchev–Trinajstić information content (AvgIpc) is 2.77. The van der Waals surface area contributed by atoms with Crippen LogP contribution < -0.4 is 4.90 Å². The van der Waals surface area contributed by atoms with Crippen LogP contribution in [-0.2, 0) is 11.3 Å². The van der Waals surface area contributed by atoms with Gasteiger partial charge < -0.3 is 4.90 Å². The minimum Gasteiger partial charge on any atom is -0.369 e. The zero-order chi connectivity index (χ0) is 20.2. The van der Waals surface area contributed by atoms with Crippen molar-refractivity contribution in [3.63, 3.8) is 0 Å². The van der Waals surface area contributed by atoms with E-state index in [1.807, 2.05) is 48.8 Å². The van der Waals surface area contributed by atoms with Gasteiger partial charge in [0.1, 0.15) is 0 Å². The van der Waals surface area contributed by atoms with Gasteiger partial charge in [0, 0.05) is 44.0 Å². The summed E-state index contributed by atoms with van der Waals surface area (Å²) in [6.07, 6.45) is 1.92. The minimum atomic E-state index is 0.572. The zero-order valence-corrected chi connectivity index (χ0v) is 17.5. The third-order valence-corrected chi connectivity index (χ3v) is 6.10. The first-order valence-electron chi connectivity index (χ1n) is 9.63. The van der Waals surface area contributed by atoms with Crippen molar-refractivity contribution in [3.05, 3.63) is 87.9 Å². The topological polar surface area (TPSA) is 23.6 Å². The van der Waals surface area contributed by atoms with Crippen molar-refractivity contribution >= 4 is 35.2 Å². The quantitative estimate of drug-likeness (QED) is 0.545. The van der Waals surface area contributed by atoms with E-state index in [1.54, 1.807) is 0 Å². The number of piperazine rings is 1. The lowest BCUT2D eigenvalue weighted by Gasteiger charge is -2.36. The largest absolute Gasteiger partial charge is 0.369 e. The average molecular weight is 424 g/mol. The molecule has 0 aromatic heterocycles. The van der Waals surface area contributed by atoms with Gasteiger partial charge in [-0.1, -0.05) is 53.5 Å². The molecule has 0 saturated carbocycles. The maximum Gasteiger partial charge on any atom is 0.233 e. The molecule has 1 aliphatic rings. The van der Waals surface area contributed by atoms with Gasteiger partial charge in [-0.3, -0.25) is 9.69 Å². The van der Waals surface area contributed by atoms with Gasteiger partial charge in [-0.25, -0.2) is 0 Å². The van der Waals surface area contributed by atoms with Crippen molar-refractivity contribution in [2.45, 2.75) is 6.54 Å². The Morgan fingerprint density at radius 1 is 0.828 bits per heavy atom. The summed E-state index contributed by atoms with van der Waals surface area (Å²) in [7, 11) is 0. The second-order valence-corrected chi connectivity index (χ2v) is 8.01. The maximum atomic E-state index is 10.7. The van der Waals surface area contributed by atoms with E-state index < -0.39 is 0 Å². The minimum absolute atomic E-state index is 0.572. The number of rotatable bonds is 5. The molecule has 4 rings (SSSR count). The first kappa shape index (κ1) is 20.0. The van der Waals surface area contributed by atoms with Crippen LogP contribution in [0.3, 0.4) is 0 Å². The van der Waals surface area contributed by atoms with Crippen molar-refractivity contribution in [1.82, 2.24) is 4.90 Å². The van der Waals surface area contributed by atoms with E-state index in [0.29, 0.717) is 15.6 Å². The highest BCUT2D eigenvalue weighted by Gasteiger charge is 2.18. The van der Waals surface area contributed by atoms with Crippen LogP contribution >= 0.6 is 23.2 Å². The summed E-state index contributed by atoms with van der Waals surface area (Å²) in [4.78, 5) is 15.5. The number of hydrogen-bond acceptors (Lipinski definition) is 3. The molecule has 5 heteroatoms. The van der Waals surface area contributed by atoms with Crippen LogP contribution in [0.15, 0.2) is 66.7 Å². The fourth-order valence-electron chi connectivity index (χ4n) is 3.75. The second-order valence-electron chi connectivity index (χ2n) is 7.20. The summed E-state index contributed by atoms with van der Waals surface area (Å²) in [5.41, 5.74) is 5.30. The Bertz CT molecular complexity index is 996. The van der Waals surface area contributed by atoms with Crippen molar-refractivity contribution in [2.75, 3.05) is 31.1 Å². The lowest BCUT2D eigenvalue weighted by Crippen LogP contribution is -2.46. The first-order valence-corrected chi connectivity index (χ1v) is 10.4. The predicted molar refractivity (Wildman–Crippen MR) is 121 cm³/mol. The molecule has 3 aromatic rings. The van der Waals surface area contributed by atoms with Gasteiger partial charge in [-0.05, 0) is 53.1 Å². The van der Waals surface area contributed by atoms with Gasteiger partial charge in [0.2, 0.25) is 6.29 Å². The van der Waals surface area contributed by atoms with Gasteiger partial charge >= 0.3 is 0 Å². The Kier molecular flexibility index (Phi) is 6.19. The van der Waals surface area contributed by atoms with Gasteiger partial charge in [0.15, 0.2) is 0 Å². The van der Waals surface area contributed by atoms with E-state index in [4.69, 9.17) is 23.2 Å². The van der Waals surface area contributed by atoms with Crippen molar-refractivity contribution in [1.29, 1.82) is 0 Å². The normalized spacial score (nSPS) is 14.8.